The zero-order chi connectivity index (χ0) is 36.8. The molecular weight excluding hydrogens is 738 g/mol. The van der Waals surface area contributed by atoms with Gasteiger partial charge in [-0.25, -0.2) is 9.69 Å². The van der Waals surface area contributed by atoms with E-state index in [0.717, 1.165) is 62.8 Å². The Bertz CT molecular complexity index is 2400. The lowest BCUT2D eigenvalue weighted by Gasteiger charge is -2.44. The van der Waals surface area contributed by atoms with Crippen molar-refractivity contribution in [3.05, 3.63) is 177 Å². The van der Waals surface area contributed by atoms with Crippen LogP contribution < -0.4 is 19.9 Å². The summed E-state index contributed by atoms with van der Waals surface area (Å²) in [5.41, 5.74) is 7.55. The number of halogens is 1. The molecule has 6 aromatic carbocycles. The van der Waals surface area contributed by atoms with Crippen molar-refractivity contribution in [3.63, 3.8) is 0 Å². The zero-order valence-electron chi connectivity index (χ0n) is 29.4. The van der Waals surface area contributed by atoms with Crippen LogP contribution in [0, 0.1) is 0 Å². The van der Waals surface area contributed by atoms with Gasteiger partial charge in [-0.3, -0.25) is 14.9 Å². The Kier molecular flexibility index (Phi) is 8.83. The van der Waals surface area contributed by atoms with E-state index in [-0.39, 0.29) is 24.0 Å². The van der Waals surface area contributed by atoms with Crippen molar-refractivity contribution in [1.82, 2.24) is 5.32 Å². The summed E-state index contributed by atoms with van der Waals surface area (Å²) < 4.78 is 7.10. The Morgan fingerprint density at radius 1 is 0.722 bits per heavy atom. The van der Waals surface area contributed by atoms with Gasteiger partial charge in [0.05, 0.1) is 5.69 Å². The van der Waals surface area contributed by atoms with Crippen LogP contribution >= 0.6 is 15.9 Å². The summed E-state index contributed by atoms with van der Waals surface area (Å²) in [6, 6.07) is 43.7. The van der Waals surface area contributed by atoms with Gasteiger partial charge in [-0.1, -0.05) is 119 Å². The van der Waals surface area contributed by atoms with Gasteiger partial charge in [0.1, 0.15) is 17.9 Å². The number of carbonyl (C=O) groups is 3. The van der Waals surface area contributed by atoms with Gasteiger partial charge in [0.25, 0.3) is 11.8 Å². The summed E-state index contributed by atoms with van der Waals surface area (Å²) in [5.74, 6) is -0.790. The molecule has 1 saturated heterocycles. The van der Waals surface area contributed by atoms with Crippen LogP contribution in [0.1, 0.15) is 58.1 Å². The first-order valence-electron chi connectivity index (χ1n) is 18.3. The molecule has 1 N–H and O–H groups in total. The molecule has 0 saturated carbocycles. The molecule has 6 aromatic rings. The average molecular weight is 775 g/mol. The highest BCUT2D eigenvalue weighted by Crippen LogP contribution is 2.50. The molecule has 2 atom stereocenters. The summed E-state index contributed by atoms with van der Waals surface area (Å²) in [5, 5.41) is 4.66. The van der Waals surface area contributed by atoms with Gasteiger partial charge in [-0.2, -0.15) is 0 Å². The predicted octanol–water partition coefficient (Wildman–Crippen LogP) is 9.73. The Labute approximate surface area is 322 Å². The Morgan fingerprint density at radius 2 is 1.35 bits per heavy atom. The quantitative estimate of drug-likeness (QED) is 0.129. The third-order valence-electron chi connectivity index (χ3n) is 10.9. The fourth-order valence-corrected chi connectivity index (χ4v) is 8.73. The van der Waals surface area contributed by atoms with Crippen LogP contribution in [0.25, 0.3) is 16.8 Å². The number of ether oxygens (including phenoxy) is 1. The number of imide groups is 2. The van der Waals surface area contributed by atoms with Gasteiger partial charge < -0.3 is 9.64 Å². The molecule has 0 unspecified atom stereocenters. The largest absolute Gasteiger partial charge is 0.488 e. The molecule has 0 aliphatic carbocycles. The first-order chi connectivity index (χ1) is 26.4. The fraction of sp³-hybridized carbons (Fsp3) is 0.152. The number of nitrogens with one attached hydrogen (secondary N) is 1. The first-order valence-corrected chi connectivity index (χ1v) is 19.1. The van der Waals surface area contributed by atoms with E-state index in [1.165, 1.54) is 22.9 Å². The lowest BCUT2D eigenvalue weighted by Crippen LogP contribution is -2.54. The highest BCUT2D eigenvalue weighted by atomic mass is 79.9. The second-order valence-electron chi connectivity index (χ2n) is 14.0. The minimum Gasteiger partial charge on any atom is -0.488 e. The molecule has 1 fully saturated rings. The summed E-state index contributed by atoms with van der Waals surface area (Å²) in [4.78, 5) is 45.4. The van der Waals surface area contributed by atoms with Crippen molar-refractivity contribution in [3.8, 4) is 5.75 Å². The third-order valence-corrected chi connectivity index (χ3v) is 11.4. The van der Waals surface area contributed by atoms with Crippen molar-refractivity contribution in [2.24, 2.45) is 0 Å². The van der Waals surface area contributed by atoms with Gasteiger partial charge in [0.15, 0.2) is 0 Å². The number of fused-ring (bicyclic) bond motifs is 1. The van der Waals surface area contributed by atoms with Crippen LogP contribution in [-0.4, -0.2) is 30.9 Å². The molecule has 7 nitrogen and oxygen atoms in total. The van der Waals surface area contributed by atoms with E-state index in [0.29, 0.717) is 17.0 Å². The summed E-state index contributed by atoms with van der Waals surface area (Å²) >= 11 is 3.55. The number of anilines is 2. The molecule has 3 heterocycles. The molecule has 8 heteroatoms. The maximum atomic E-state index is 14.5. The number of amides is 4. The van der Waals surface area contributed by atoms with Crippen LogP contribution in [0.15, 0.2) is 144 Å². The molecule has 0 radical (unpaired) electrons. The highest BCUT2D eigenvalue weighted by molar-refractivity contribution is 9.10. The Hall–Kier alpha value is -5.99. The minimum absolute atomic E-state index is 0.0772. The van der Waals surface area contributed by atoms with Crippen molar-refractivity contribution >= 4 is 62.0 Å². The van der Waals surface area contributed by atoms with E-state index in [9.17, 15) is 14.4 Å². The van der Waals surface area contributed by atoms with Gasteiger partial charge in [0, 0.05) is 40.6 Å². The molecule has 0 bridgehead atoms. The van der Waals surface area contributed by atoms with E-state index in [1.54, 1.807) is 6.07 Å². The number of hydrogen-bond acceptors (Lipinski definition) is 5. The second-order valence-corrected chi connectivity index (χ2v) is 14.9. The number of hydrogen-bond donors (Lipinski definition) is 1. The van der Waals surface area contributed by atoms with Crippen LogP contribution in [0.5, 0.6) is 5.75 Å². The van der Waals surface area contributed by atoms with Gasteiger partial charge in [0.2, 0.25) is 0 Å². The standard InChI is InChI=1S/C46H36BrN3O4/c47-34-18-19-42(54-28-32-16-9-15-29-14-7-8-17-36(29)32)33(24-34)25-41-44(51)48-46(53)50(45(41)52)35-26-39-37(30-10-3-1-4-11-30)20-22-49-23-21-38(40(27-35)43(39)49)31-12-5-2-6-13-31/h1-19,24-27,37-38H,20-23,28H2,(H,48,51,53)/b41-25+/t37-,38-/m0/s1. The monoisotopic (exact) mass is 773 g/mol. The summed E-state index contributed by atoms with van der Waals surface area (Å²) in [7, 11) is 0. The van der Waals surface area contributed by atoms with E-state index in [1.807, 2.05) is 60.7 Å². The van der Waals surface area contributed by atoms with Crippen LogP contribution in [-0.2, 0) is 16.2 Å². The molecule has 266 valence electrons. The van der Waals surface area contributed by atoms with Crippen LogP contribution in [0.2, 0.25) is 0 Å². The lowest BCUT2D eigenvalue weighted by molar-refractivity contribution is -0.122. The van der Waals surface area contributed by atoms with Crippen LogP contribution in [0.4, 0.5) is 16.2 Å². The van der Waals surface area contributed by atoms with Crippen molar-refractivity contribution < 1.29 is 19.1 Å². The molecule has 0 aromatic heterocycles. The van der Waals surface area contributed by atoms with Gasteiger partial charge >= 0.3 is 6.03 Å². The molecule has 54 heavy (non-hydrogen) atoms. The average Bonchev–Trinajstić information content (AvgIpc) is 3.20. The first kappa shape index (κ1) is 33.8. The van der Waals surface area contributed by atoms with Crippen molar-refractivity contribution in [1.29, 1.82) is 0 Å². The van der Waals surface area contributed by atoms with E-state index >= 15 is 0 Å². The second kappa shape index (κ2) is 14.1. The Balaban J connectivity index is 1.12. The molecule has 3 aliphatic rings. The minimum atomic E-state index is -0.771. The number of urea groups is 1. The number of rotatable bonds is 7. The number of nitrogens with zero attached hydrogens (tertiary/aromatic N) is 2. The van der Waals surface area contributed by atoms with Crippen LogP contribution in [0.3, 0.4) is 0 Å². The molecule has 3 aliphatic heterocycles. The Morgan fingerprint density at radius 3 is 2.04 bits per heavy atom. The zero-order valence-corrected chi connectivity index (χ0v) is 31.0. The molecule has 9 rings (SSSR count). The fourth-order valence-electron chi connectivity index (χ4n) is 8.35. The number of carbonyl (C=O) groups excluding carboxylic acids is 3. The molecule has 0 spiro atoms. The lowest BCUT2D eigenvalue weighted by atomic mass is 9.76. The van der Waals surface area contributed by atoms with Crippen molar-refractivity contribution in [2.45, 2.75) is 31.3 Å². The molecule has 4 amide bonds. The summed E-state index contributed by atoms with van der Waals surface area (Å²) in [6.07, 6.45) is 3.33. The predicted molar refractivity (Wildman–Crippen MR) is 216 cm³/mol. The van der Waals surface area contributed by atoms with Gasteiger partial charge in [-0.15, -0.1) is 0 Å². The topological polar surface area (TPSA) is 79.0 Å². The maximum absolute atomic E-state index is 14.5. The number of barbiturate groups is 1. The summed E-state index contributed by atoms with van der Waals surface area (Å²) in [6.45, 7) is 2.12. The van der Waals surface area contributed by atoms with Crippen molar-refractivity contribution in [2.75, 3.05) is 22.9 Å². The van der Waals surface area contributed by atoms with E-state index < -0.39 is 17.8 Å². The smallest absolute Gasteiger partial charge is 0.335 e. The molecular formula is C46H36BrN3O4. The number of benzene rings is 6. The third kappa shape index (κ3) is 6.16. The SMILES string of the molecule is O=C1NC(=O)N(c2cc3c4c(c2)[C@H](c2ccccc2)CCN4CC[C@H]3c2ccccc2)C(=O)/C1=C/c1cc(Br)ccc1OCc1cccc2ccccc12. The maximum Gasteiger partial charge on any atom is 0.335 e. The van der Waals surface area contributed by atoms with E-state index in [2.05, 4.69) is 92.9 Å². The normalized spacial score (nSPS) is 18.8. The van der Waals surface area contributed by atoms with Gasteiger partial charge in [-0.05, 0) is 87.8 Å². The highest BCUT2D eigenvalue weighted by Gasteiger charge is 2.40. The van der Waals surface area contributed by atoms with E-state index in [4.69, 9.17) is 4.74 Å².